The molecule has 12 N–H and O–H groups in total. The zero-order valence-electron chi connectivity index (χ0n) is 29.3. The number of carboxylic acids is 1. The molecule has 3 aliphatic heterocycles. The Morgan fingerprint density at radius 3 is 2.36 bits per heavy atom. The highest BCUT2D eigenvalue weighted by Gasteiger charge is 2.62. The fraction of sp³-hybridized carbons (Fsp3) is 0.720. The Morgan fingerprint density at radius 1 is 1.11 bits per heavy atom. The SMILES string of the molecule is CC(C)(COP(=O)(O)OP(=O)(O)OC[C@H]1O[C@@H](N2CN=C3C(N)=NC=NC32C(=O)C(O)CC(=O)O)[C@H](O)[C@@H]1OP(=O)(O)O)[C@@H](O)C(=O)NCCC(=O)NCCS. The minimum atomic E-state index is -5.72. The molecule has 0 bridgehead atoms. The van der Waals surface area contributed by atoms with Gasteiger partial charge in [0.25, 0.3) is 0 Å². The third-order valence-electron chi connectivity index (χ3n) is 7.98. The number of fused-ring (bicyclic) bond motifs is 1. The highest BCUT2D eigenvalue weighted by molar-refractivity contribution is 7.80. The van der Waals surface area contributed by atoms with Crippen molar-refractivity contribution >= 4 is 77.5 Å². The maximum atomic E-state index is 13.5. The summed E-state index contributed by atoms with van der Waals surface area (Å²) in [6.07, 6.45) is -13.0. The molecule has 3 rings (SSSR count). The zero-order valence-corrected chi connectivity index (χ0v) is 32.9. The average molecular weight is 886 g/mol. The van der Waals surface area contributed by atoms with Gasteiger partial charge in [-0.15, -0.1) is 0 Å². The molecule has 0 aromatic heterocycles. The number of aliphatic carboxylic acids is 1. The number of phosphoric ester groups is 3. The van der Waals surface area contributed by atoms with Gasteiger partial charge in [0, 0.05) is 30.7 Å². The highest BCUT2D eigenvalue weighted by atomic mass is 32.1. The summed E-state index contributed by atoms with van der Waals surface area (Å²) in [5, 5.41) is 46.0. The smallest absolute Gasteiger partial charge is 0.481 e. The van der Waals surface area contributed by atoms with Crippen molar-refractivity contribution in [2.45, 2.75) is 69.1 Å². The maximum Gasteiger partial charge on any atom is 0.481 e. The van der Waals surface area contributed by atoms with Crippen molar-refractivity contribution in [1.29, 1.82) is 0 Å². The summed E-state index contributed by atoms with van der Waals surface area (Å²) in [6.45, 7) is -0.377. The predicted octanol–water partition coefficient (Wildman–Crippen LogP) is -4.05. The van der Waals surface area contributed by atoms with E-state index in [2.05, 4.69) is 47.1 Å². The molecule has 56 heavy (non-hydrogen) atoms. The molecule has 0 aromatic rings. The van der Waals surface area contributed by atoms with E-state index in [1.165, 1.54) is 13.8 Å². The van der Waals surface area contributed by atoms with Crippen LogP contribution in [0.1, 0.15) is 26.7 Å². The molecule has 0 radical (unpaired) electrons. The number of nitrogens with zero attached hydrogens (tertiary/aromatic N) is 4. The number of carbonyl (C=O) groups is 4. The van der Waals surface area contributed by atoms with Crippen LogP contribution >= 0.6 is 36.1 Å². The molecule has 0 aliphatic carbocycles. The highest BCUT2D eigenvalue weighted by Crippen LogP contribution is 2.61. The van der Waals surface area contributed by atoms with Gasteiger partial charge in [-0.1, -0.05) is 13.8 Å². The van der Waals surface area contributed by atoms with Crippen LogP contribution in [0.5, 0.6) is 0 Å². The summed E-state index contributed by atoms with van der Waals surface area (Å²) < 4.78 is 61.2. The topological polar surface area (TPSA) is 418 Å². The lowest BCUT2D eigenvalue weighted by atomic mass is 9.87. The second kappa shape index (κ2) is 19.0. The van der Waals surface area contributed by atoms with Gasteiger partial charge < -0.3 is 61.1 Å². The van der Waals surface area contributed by atoms with Crippen molar-refractivity contribution in [1.82, 2.24) is 15.5 Å². The number of hydrogen-bond donors (Lipinski definition) is 12. The van der Waals surface area contributed by atoms with Crippen LogP contribution in [0.2, 0.25) is 0 Å². The molecule has 4 unspecified atom stereocenters. The van der Waals surface area contributed by atoms with Gasteiger partial charge in [-0.25, -0.2) is 28.6 Å². The standard InChI is InChI=1S/C25H42N7O20P3S/c1-24(2,20(39)22(40)28-4-3-14(34)27-5-6-56)9-49-55(46,47)52-54(44,45)48-8-13-17(51-53(41,42)43)16(37)23(50-13)32-11-30-18-21(26)29-10-31-25(18,32)19(38)12(33)7-15(35)36/h10,12-13,16-17,20,23,33,37,39,56H,3-9,11H2,1-2H3,(H,27,34)(H,28,40)(H,35,36)(H,44,45)(H,46,47)(H2,26,29,31)(H2,41,42,43)/t12?,13-,16-,17-,20+,23-,25?/m1/s1. The first-order chi connectivity index (χ1) is 25.8. The Morgan fingerprint density at radius 2 is 1.75 bits per heavy atom. The third-order valence-corrected chi connectivity index (χ3v) is 11.3. The molecule has 1 fully saturated rings. The number of phosphoric acid groups is 3. The molecular formula is C25H42N7O20P3S. The van der Waals surface area contributed by atoms with Crippen LogP contribution in [0.4, 0.5) is 0 Å². The van der Waals surface area contributed by atoms with Crippen molar-refractivity contribution in [2.75, 3.05) is 38.7 Å². The van der Waals surface area contributed by atoms with Crippen molar-refractivity contribution in [3.8, 4) is 0 Å². The molecule has 3 heterocycles. The first-order valence-electron chi connectivity index (χ1n) is 16.0. The van der Waals surface area contributed by atoms with E-state index in [-0.39, 0.29) is 19.5 Å². The lowest BCUT2D eigenvalue weighted by Crippen LogP contribution is -2.66. The lowest BCUT2D eigenvalue weighted by molar-refractivity contribution is -0.154. The number of thiol groups is 1. The summed E-state index contributed by atoms with van der Waals surface area (Å²) in [5.41, 5.74) is 1.27. The zero-order chi connectivity index (χ0) is 42.4. The lowest BCUT2D eigenvalue weighted by Gasteiger charge is -2.39. The van der Waals surface area contributed by atoms with Gasteiger partial charge in [0.05, 0.1) is 26.3 Å². The Labute approximate surface area is 322 Å². The van der Waals surface area contributed by atoms with Gasteiger partial charge >= 0.3 is 29.4 Å². The summed E-state index contributed by atoms with van der Waals surface area (Å²) >= 11 is 3.94. The molecule has 318 valence electrons. The Kier molecular flexibility index (Phi) is 16.2. The van der Waals surface area contributed by atoms with E-state index in [9.17, 15) is 67.8 Å². The number of aliphatic imine (C=N–C) groups is 3. The van der Waals surface area contributed by atoms with Crippen LogP contribution in [-0.2, 0) is 55.5 Å². The number of carbonyl (C=O) groups excluding carboxylic acids is 3. The van der Waals surface area contributed by atoms with Crippen LogP contribution in [0.25, 0.3) is 0 Å². The van der Waals surface area contributed by atoms with Crippen LogP contribution < -0.4 is 16.4 Å². The molecule has 0 aromatic carbocycles. The fourth-order valence-electron chi connectivity index (χ4n) is 5.31. The number of ether oxygens (including phenoxy) is 1. The number of amides is 2. The molecular weight excluding hydrogens is 843 g/mol. The minimum absolute atomic E-state index is 0.141. The van der Waals surface area contributed by atoms with Crippen LogP contribution in [0.3, 0.4) is 0 Å². The summed E-state index contributed by atoms with van der Waals surface area (Å²) in [4.78, 5) is 101. The number of nitrogens with two attached hydrogens (primary N) is 1. The van der Waals surface area contributed by atoms with E-state index in [0.29, 0.717) is 5.75 Å². The van der Waals surface area contributed by atoms with Gasteiger partial charge in [-0.05, 0) is 0 Å². The molecule has 27 nitrogen and oxygen atoms in total. The summed E-state index contributed by atoms with van der Waals surface area (Å²) in [7, 11) is -16.8. The minimum Gasteiger partial charge on any atom is -0.481 e. The molecule has 9 atom stereocenters. The number of ketones is 1. The van der Waals surface area contributed by atoms with Gasteiger partial charge in [0.2, 0.25) is 23.3 Å². The van der Waals surface area contributed by atoms with Gasteiger partial charge in [-0.2, -0.15) is 16.9 Å². The number of hydrogen-bond acceptors (Lipinski definition) is 21. The van der Waals surface area contributed by atoms with E-state index in [0.717, 1.165) is 11.2 Å². The van der Waals surface area contributed by atoms with Crippen molar-refractivity contribution in [3.63, 3.8) is 0 Å². The number of aliphatic hydroxyl groups is 3. The Balaban J connectivity index is 1.72. The molecule has 31 heteroatoms. The van der Waals surface area contributed by atoms with Crippen LogP contribution in [0.15, 0.2) is 15.0 Å². The predicted molar refractivity (Wildman–Crippen MR) is 189 cm³/mol. The van der Waals surface area contributed by atoms with Crippen molar-refractivity contribution in [3.05, 3.63) is 0 Å². The second-order valence-corrected chi connectivity index (χ2v) is 17.4. The van der Waals surface area contributed by atoms with E-state index < -0.39 is 133 Å². The van der Waals surface area contributed by atoms with Gasteiger partial charge in [-0.3, -0.25) is 37.7 Å². The number of nitrogens with one attached hydrogen (secondary N) is 2. The molecule has 0 saturated carbocycles. The summed E-state index contributed by atoms with van der Waals surface area (Å²) in [6, 6.07) is 0. The number of rotatable bonds is 22. The average Bonchev–Trinajstić information content (AvgIpc) is 3.61. The number of aliphatic hydroxyl groups excluding tert-OH is 3. The van der Waals surface area contributed by atoms with Crippen molar-refractivity contribution in [2.24, 2.45) is 26.1 Å². The van der Waals surface area contributed by atoms with E-state index in [1.807, 2.05) is 0 Å². The number of carboxylic acid groups (broad SMARTS) is 1. The molecule has 0 spiro atoms. The Bertz CT molecular complexity index is 1750. The van der Waals surface area contributed by atoms with E-state index >= 15 is 0 Å². The Hall–Kier alpha value is -2.59. The number of Topliss-reactive ketones (excluding diaryl/α,β-unsaturated/α-hetero) is 1. The van der Waals surface area contributed by atoms with Crippen LogP contribution in [0, 0.1) is 5.41 Å². The normalized spacial score (nSPS) is 27.2. The van der Waals surface area contributed by atoms with E-state index in [1.54, 1.807) is 0 Å². The summed E-state index contributed by atoms with van der Waals surface area (Å²) in [5.74, 6) is -4.40. The largest absolute Gasteiger partial charge is 0.481 e. The van der Waals surface area contributed by atoms with Gasteiger partial charge in [0.1, 0.15) is 48.8 Å². The molecule has 3 aliphatic rings. The van der Waals surface area contributed by atoms with E-state index in [4.69, 9.17) is 24.6 Å². The van der Waals surface area contributed by atoms with Gasteiger partial charge in [0.15, 0.2) is 5.84 Å². The first kappa shape index (κ1) is 47.8. The third kappa shape index (κ3) is 12.2. The van der Waals surface area contributed by atoms with Crippen molar-refractivity contribution < 1.29 is 95.5 Å². The molecule has 2 amide bonds. The second-order valence-electron chi connectivity index (χ2n) is 12.7. The quantitative estimate of drug-likeness (QED) is 0.0364. The molecule has 1 saturated heterocycles. The monoisotopic (exact) mass is 885 g/mol. The first-order valence-corrected chi connectivity index (χ1v) is 21.1. The fourth-order valence-corrected chi connectivity index (χ4v) is 8.25. The number of amidine groups is 1. The maximum absolute atomic E-state index is 13.5. The van der Waals surface area contributed by atoms with Crippen LogP contribution in [-0.4, -0.2) is 167 Å².